The van der Waals surface area contributed by atoms with E-state index in [0.29, 0.717) is 18.7 Å². The number of hydrazine groups is 1. The summed E-state index contributed by atoms with van der Waals surface area (Å²) in [5.41, 5.74) is 4.36. The maximum atomic E-state index is 11.9. The van der Waals surface area contributed by atoms with E-state index >= 15 is 0 Å². The van der Waals surface area contributed by atoms with Gasteiger partial charge in [0.25, 0.3) is 5.91 Å². The zero-order valence-electron chi connectivity index (χ0n) is 10.1. The lowest BCUT2D eigenvalue weighted by Gasteiger charge is -2.22. The van der Waals surface area contributed by atoms with Crippen molar-refractivity contribution in [3.05, 3.63) is 30.3 Å². The number of nitrogens with one attached hydrogen (secondary N) is 1. The smallest absolute Gasteiger partial charge is 0.278 e. The molecule has 0 atom stereocenters. The van der Waals surface area contributed by atoms with Gasteiger partial charge in [0, 0.05) is 27.1 Å². The van der Waals surface area contributed by atoms with Crippen molar-refractivity contribution in [2.75, 3.05) is 26.1 Å². The van der Waals surface area contributed by atoms with Gasteiger partial charge in [0.15, 0.2) is 0 Å². The van der Waals surface area contributed by atoms with Crippen LogP contribution >= 0.6 is 0 Å². The van der Waals surface area contributed by atoms with Gasteiger partial charge in [0.1, 0.15) is 5.71 Å². The van der Waals surface area contributed by atoms with Gasteiger partial charge in [-0.3, -0.25) is 15.2 Å². The molecule has 5 nitrogen and oxygen atoms in total. The van der Waals surface area contributed by atoms with Crippen molar-refractivity contribution in [2.45, 2.75) is 6.42 Å². The first kappa shape index (κ1) is 11.6. The number of amides is 1. The molecule has 0 radical (unpaired) electrons. The molecule has 0 spiro atoms. The molecule has 1 aliphatic rings. The summed E-state index contributed by atoms with van der Waals surface area (Å²) in [5.74, 6) is -0.0292. The number of carbonyl (C=O) groups is 1. The Bertz CT molecular complexity index is 427. The molecule has 2 rings (SSSR count). The SMILES string of the molecule is CN(C)N1CC/C(=N\Nc2ccccc2)C1=O. The van der Waals surface area contributed by atoms with Crippen LogP contribution < -0.4 is 5.43 Å². The second-order valence-corrected chi connectivity index (χ2v) is 4.06. The summed E-state index contributed by atoms with van der Waals surface area (Å²) < 4.78 is 0. The third-order valence-corrected chi connectivity index (χ3v) is 2.62. The van der Waals surface area contributed by atoms with E-state index in [0.717, 1.165) is 5.69 Å². The highest BCUT2D eigenvalue weighted by atomic mass is 16.2. The third kappa shape index (κ3) is 2.62. The van der Waals surface area contributed by atoms with Crippen LogP contribution in [-0.4, -0.2) is 42.3 Å². The number of para-hydroxylation sites is 1. The highest BCUT2D eigenvalue weighted by Gasteiger charge is 2.29. The fourth-order valence-corrected chi connectivity index (χ4v) is 1.70. The van der Waals surface area contributed by atoms with Gasteiger partial charge in [-0.1, -0.05) is 18.2 Å². The number of rotatable bonds is 3. The Morgan fingerprint density at radius 2 is 2.00 bits per heavy atom. The molecular weight excluding hydrogens is 216 g/mol. The molecule has 1 fully saturated rings. The first-order chi connectivity index (χ1) is 8.18. The van der Waals surface area contributed by atoms with Crippen molar-refractivity contribution >= 4 is 17.3 Å². The second kappa shape index (κ2) is 4.97. The fraction of sp³-hybridized carbons (Fsp3) is 0.333. The zero-order chi connectivity index (χ0) is 12.3. The molecule has 1 aliphatic heterocycles. The number of hydrogen-bond donors (Lipinski definition) is 1. The van der Waals surface area contributed by atoms with E-state index in [4.69, 9.17) is 0 Å². The Kier molecular flexibility index (Phi) is 3.39. The Morgan fingerprint density at radius 3 is 2.59 bits per heavy atom. The van der Waals surface area contributed by atoms with Crippen LogP contribution in [0.5, 0.6) is 0 Å². The molecule has 0 aliphatic carbocycles. The van der Waals surface area contributed by atoms with Crippen LogP contribution in [0.3, 0.4) is 0 Å². The zero-order valence-corrected chi connectivity index (χ0v) is 10.1. The van der Waals surface area contributed by atoms with E-state index in [1.807, 2.05) is 44.4 Å². The Morgan fingerprint density at radius 1 is 1.29 bits per heavy atom. The Labute approximate surface area is 101 Å². The van der Waals surface area contributed by atoms with E-state index in [1.54, 1.807) is 10.0 Å². The van der Waals surface area contributed by atoms with Crippen molar-refractivity contribution in [3.63, 3.8) is 0 Å². The molecule has 5 heteroatoms. The van der Waals surface area contributed by atoms with Gasteiger partial charge < -0.3 is 0 Å². The van der Waals surface area contributed by atoms with E-state index in [1.165, 1.54) is 0 Å². The summed E-state index contributed by atoms with van der Waals surface area (Å²) in [4.78, 5) is 11.9. The van der Waals surface area contributed by atoms with Crippen LogP contribution in [0, 0.1) is 0 Å². The van der Waals surface area contributed by atoms with Crippen LogP contribution in [0.4, 0.5) is 5.69 Å². The summed E-state index contributed by atoms with van der Waals surface area (Å²) in [6.45, 7) is 0.696. The molecule has 1 aromatic rings. The summed E-state index contributed by atoms with van der Waals surface area (Å²) in [6, 6.07) is 9.60. The van der Waals surface area contributed by atoms with Gasteiger partial charge in [-0.2, -0.15) is 5.10 Å². The first-order valence-corrected chi connectivity index (χ1v) is 5.55. The minimum Gasteiger partial charge on any atom is -0.278 e. The van der Waals surface area contributed by atoms with Crippen LogP contribution in [-0.2, 0) is 4.79 Å². The molecule has 0 unspecified atom stereocenters. The molecule has 0 saturated carbocycles. The minimum absolute atomic E-state index is 0.0292. The molecule has 1 N–H and O–H groups in total. The lowest BCUT2D eigenvalue weighted by Crippen LogP contribution is -2.39. The van der Waals surface area contributed by atoms with E-state index in [9.17, 15) is 4.79 Å². The minimum atomic E-state index is -0.0292. The fourth-order valence-electron chi connectivity index (χ4n) is 1.70. The topological polar surface area (TPSA) is 47.9 Å². The standard InChI is InChI=1S/C12H16N4O/c1-15(2)16-9-8-11(12(16)17)14-13-10-6-4-3-5-7-10/h3-7,13H,8-9H2,1-2H3/b14-11+. The normalized spacial score (nSPS) is 18.2. The van der Waals surface area contributed by atoms with Gasteiger partial charge in [-0.25, -0.2) is 5.01 Å². The molecule has 17 heavy (non-hydrogen) atoms. The monoisotopic (exact) mass is 232 g/mol. The summed E-state index contributed by atoms with van der Waals surface area (Å²) in [5, 5.41) is 7.61. The molecular formula is C12H16N4O. The number of nitrogens with zero attached hydrogens (tertiary/aromatic N) is 3. The molecule has 1 amide bonds. The average molecular weight is 232 g/mol. The van der Waals surface area contributed by atoms with E-state index in [-0.39, 0.29) is 5.91 Å². The highest BCUT2D eigenvalue weighted by Crippen LogP contribution is 2.11. The van der Waals surface area contributed by atoms with Crippen LogP contribution in [0.2, 0.25) is 0 Å². The predicted molar refractivity (Wildman–Crippen MR) is 67.5 cm³/mol. The van der Waals surface area contributed by atoms with Crippen LogP contribution in [0.25, 0.3) is 0 Å². The lowest BCUT2D eigenvalue weighted by atomic mass is 10.3. The molecule has 1 saturated heterocycles. The van der Waals surface area contributed by atoms with Crippen LogP contribution in [0.15, 0.2) is 35.4 Å². The first-order valence-electron chi connectivity index (χ1n) is 5.55. The van der Waals surface area contributed by atoms with Crippen molar-refractivity contribution in [1.82, 2.24) is 10.0 Å². The van der Waals surface area contributed by atoms with Gasteiger partial charge in [-0.05, 0) is 12.1 Å². The Hall–Kier alpha value is -1.88. The van der Waals surface area contributed by atoms with E-state index in [2.05, 4.69) is 10.5 Å². The molecule has 0 aromatic heterocycles. The van der Waals surface area contributed by atoms with Crippen LogP contribution in [0.1, 0.15) is 6.42 Å². The lowest BCUT2D eigenvalue weighted by molar-refractivity contribution is -0.134. The maximum absolute atomic E-state index is 11.9. The van der Waals surface area contributed by atoms with Gasteiger partial charge >= 0.3 is 0 Å². The quantitative estimate of drug-likeness (QED) is 0.796. The predicted octanol–water partition coefficient (Wildman–Crippen LogP) is 1.16. The molecule has 90 valence electrons. The third-order valence-electron chi connectivity index (χ3n) is 2.62. The van der Waals surface area contributed by atoms with Crippen molar-refractivity contribution < 1.29 is 4.79 Å². The maximum Gasteiger partial charge on any atom is 0.284 e. The largest absolute Gasteiger partial charge is 0.284 e. The molecule has 0 bridgehead atoms. The van der Waals surface area contributed by atoms with Gasteiger partial charge in [0.2, 0.25) is 0 Å². The number of benzene rings is 1. The van der Waals surface area contributed by atoms with Crippen molar-refractivity contribution in [2.24, 2.45) is 5.10 Å². The van der Waals surface area contributed by atoms with Gasteiger partial charge in [0.05, 0.1) is 5.69 Å². The van der Waals surface area contributed by atoms with Crippen molar-refractivity contribution in [1.29, 1.82) is 0 Å². The Balaban J connectivity index is 2.02. The van der Waals surface area contributed by atoms with E-state index < -0.39 is 0 Å². The second-order valence-electron chi connectivity index (χ2n) is 4.06. The van der Waals surface area contributed by atoms with Crippen molar-refractivity contribution in [3.8, 4) is 0 Å². The summed E-state index contributed by atoms with van der Waals surface area (Å²) in [7, 11) is 3.71. The van der Waals surface area contributed by atoms with Gasteiger partial charge in [-0.15, -0.1) is 0 Å². The number of hydrazone groups is 1. The number of carbonyl (C=O) groups excluding carboxylic acids is 1. The highest BCUT2D eigenvalue weighted by molar-refractivity contribution is 6.40. The molecule has 1 aromatic carbocycles. The number of anilines is 1. The average Bonchev–Trinajstić information content (AvgIpc) is 2.69. The molecule has 1 heterocycles. The number of hydrogen-bond acceptors (Lipinski definition) is 4. The summed E-state index contributed by atoms with van der Waals surface area (Å²) >= 11 is 0. The summed E-state index contributed by atoms with van der Waals surface area (Å²) in [6.07, 6.45) is 0.677.